The van der Waals surface area contributed by atoms with Gasteiger partial charge in [0.15, 0.2) is 0 Å². The first-order valence-electron chi connectivity index (χ1n) is 8.34. The summed E-state index contributed by atoms with van der Waals surface area (Å²) in [6.07, 6.45) is 9.61. The van der Waals surface area contributed by atoms with Crippen LogP contribution in [0.2, 0.25) is 5.02 Å². The van der Waals surface area contributed by atoms with Crippen molar-refractivity contribution in [2.75, 3.05) is 6.54 Å². The van der Waals surface area contributed by atoms with Gasteiger partial charge >= 0.3 is 0 Å². The van der Waals surface area contributed by atoms with Crippen LogP contribution in [0.3, 0.4) is 0 Å². The van der Waals surface area contributed by atoms with E-state index in [1.807, 2.05) is 30.5 Å². The lowest BCUT2D eigenvalue weighted by molar-refractivity contribution is 0.0626. The number of hydrogen-bond acceptors (Lipinski definition) is 2. The van der Waals surface area contributed by atoms with Crippen molar-refractivity contribution < 1.29 is 4.79 Å². The van der Waals surface area contributed by atoms with Gasteiger partial charge in [0.05, 0.1) is 17.4 Å². The highest BCUT2D eigenvalue weighted by Gasteiger charge is 2.37. The summed E-state index contributed by atoms with van der Waals surface area (Å²) in [6.45, 7) is 0.877. The van der Waals surface area contributed by atoms with Crippen LogP contribution in [-0.2, 0) is 0 Å². The lowest BCUT2D eigenvalue weighted by Gasteiger charge is -2.36. The molecule has 1 aliphatic heterocycles. The quantitative estimate of drug-likeness (QED) is 0.855. The molecule has 0 radical (unpaired) electrons. The van der Waals surface area contributed by atoms with E-state index in [0.29, 0.717) is 22.5 Å². The number of hydrogen-bond donors (Lipinski definition) is 0. The summed E-state index contributed by atoms with van der Waals surface area (Å²) in [4.78, 5) is 14.9. The van der Waals surface area contributed by atoms with Crippen molar-refractivity contribution in [2.24, 2.45) is 5.92 Å². The molecule has 4 nitrogen and oxygen atoms in total. The van der Waals surface area contributed by atoms with Crippen LogP contribution in [0.1, 0.15) is 42.5 Å². The number of halogens is 1. The Morgan fingerprint density at radius 2 is 2.09 bits per heavy atom. The van der Waals surface area contributed by atoms with Gasteiger partial charge in [0.25, 0.3) is 5.91 Å². The number of nitrogens with zero attached hydrogens (tertiary/aromatic N) is 3. The van der Waals surface area contributed by atoms with Crippen molar-refractivity contribution in [3.05, 3.63) is 47.2 Å². The summed E-state index contributed by atoms with van der Waals surface area (Å²) >= 11 is 6.03. The molecule has 1 amide bonds. The molecule has 1 aliphatic carbocycles. The maximum Gasteiger partial charge on any atom is 0.257 e. The second-order valence-corrected chi connectivity index (χ2v) is 6.99. The summed E-state index contributed by atoms with van der Waals surface area (Å²) in [5.74, 6) is 0.831. The summed E-state index contributed by atoms with van der Waals surface area (Å²) in [6, 6.07) is 7.92. The van der Waals surface area contributed by atoms with Gasteiger partial charge in [-0.25, -0.2) is 4.68 Å². The molecule has 1 atom stereocenters. The molecule has 0 spiro atoms. The molecule has 2 aromatic rings. The van der Waals surface area contributed by atoms with E-state index in [2.05, 4.69) is 10.00 Å². The molecule has 1 saturated carbocycles. The minimum absolute atomic E-state index is 0.118. The fourth-order valence-corrected chi connectivity index (χ4v) is 3.90. The number of rotatable bonds is 3. The van der Waals surface area contributed by atoms with E-state index >= 15 is 0 Å². The zero-order chi connectivity index (χ0) is 15.8. The SMILES string of the molecule is O=C(c1cnn(-c2cccc(Cl)c2)c1)N1CCCC1C1CCC1. The molecule has 2 aliphatic rings. The Hall–Kier alpha value is -1.81. The minimum atomic E-state index is 0.118. The highest BCUT2D eigenvalue weighted by atomic mass is 35.5. The lowest BCUT2D eigenvalue weighted by atomic mass is 9.79. The van der Waals surface area contributed by atoms with Gasteiger partial charge in [-0.15, -0.1) is 0 Å². The van der Waals surface area contributed by atoms with E-state index in [-0.39, 0.29) is 5.91 Å². The van der Waals surface area contributed by atoms with Crippen LogP contribution in [0, 0.1) is 5.92 Å². The van der Waals surface area contributed by atoms with Crippen LogP contribution in [0.4, 0.5) is 0 Å². The third-order valence-electron chi connectivity index (χ3n) is 5.16. The minimum Gasteiger partial charge on any atom is -0.335 e. The van der Waals surface area contributed by atoms with Gasteiger partial charge in [0.2, 0.25) is 0 Å². The van der Waals surface area contributed by atoms with E-state index in [0.717, 1.165) is 25.1 Å². The maximum atomic E-state index is 12.9. The van der Waals surface area contributed by atoms with Crippen molar-refractivity contribution in [1.82, 2.24) is 14.7 Å². The fraction of sp³-hybridized carbons (Fsp3) is 0.444. The normalized spacial score (nSPS) is 21.4. The summed E-state index contributed by atoms with van der Waals surface area (Å²) in [5.41, 5.74) is 1.53. The number of carbonyl (C=O) groups is 1. The van der Waals surface area contributed by atoms with Crippen molar-refractivity contribution in [2.45, 2.75) is 38.1 Å². The predicted molar refractivity (Wildman–Crippen MR) is 90.0 cm³/mol. The molecule has 1 saturated heterocycles. The van der Waals surface area contributed by atoms with E-state index in [1.54, 1.807) is 10.9 Å². The zero-order valence-electron chi connectivity index (χ0n) is 13.0. The van der Waals surface area contributed by atoms with Crippen molar-refractivity contribution >= 4 is 17.5 Å². The highest BCUT2D eigenvalue weighted by Crippen LogP contribution is 2.37. The van der Waals surface area contributed by atoms with Crippen molar-refractivity contribution in [1.29, 1.82) is 0 Å². The van der Waals surface area contributed by atoms with E-state index < -0.39 is 0 Å². The molecule has 1 aromatic heterocycles. The zero-order valence-corrected chi connectivity index (χ0v) is 13.7. The largest absolute Gasteiger partial charge is 0.335 e. The molecule has 0 bridgehead atoms. The van der Waals surface area contributed by atoms with Gasteiger partial charge in [0.1, 0.15) is 0 Å². The Labute approximate surface area is 141 Å². The monoisotopic (exact) mass is 329 g/mol. The van der Waals surface area contributed by atoms with E-state index in [4.69, 9.17) is 11.6 Å². The second kappa shape index (κ2) is 6.00. The fourth-order valence-electron chi connectivity index (χ4n) is 3.72. The molecule has 2 fully saturated rings. The van der Waals surface area contributed by atoms with Gasteiger partial charge in [0, 0.05) is 23.8 Å². The predicted octanol–water partition coefficient (Wildman–Crippen LogP) is 3.93. The van der Waals surface area contributed by atoms with Crippen molar-refractivity contribution in [3.8, 4) is 5.69 Å². The van der Waals surface area contributed by atoms with Crippen LogP contribution < -0.4 is 0 Å². The summed E-state index contributed by atoms with van der Waals surface area (Å²) in [5, 5.41) is 5.00. The van der Waals surface area contributed by atoms with E-state index in [9.17, 15) is 4.79 Å². The first-order valence-corrected chi connectivity index (χ1v) is 8.72. The van der Waals surface area contributed by atoms with Crippen LogP contribution in [0.15, 0.2) is 36.7 Å². The Kier molecular flexibility index (Phi) is 3.85. The second-order valence-electron chi connectivity index (χ2n) is 6.55. The van der Waals surface area contributed by atoms with Gasteiger partial charge in [-0.3, -0.25) is 4.79 Å². The third-order valence-corrected chi connectivity index (χ3v) is 5.39. The van der Waals surface area contributed by atoms with Crippen LogP contribution in [0.25, 0.3) is 5.69 Å². The third kappa shape index (κ3) is 2.76. The van der Waals surface area contributed by atoms with Gasteiger partial charge in [-0.1, -0.05) is 24.1 Å². The molecular weight excluding hydrogens is 310 g/mol. The van der Waals surface area contributed by atoms with E-state index in [1.165, 1.54) is 19.3 Å². The van der Waals surface area contributed by atoms with Gasteiger partial charge < -0.3 is 4.90 Å². The van der Waals surface area contributed by atoms with Gasteiger partial charge in [-0.05, 0) is 49.8 Å². The molecule has 2 heterocycles. The molecule has 5 heteroatoms. The Morgan fingerprint density at radius 1 is 1.22 bits per heavy atom. The number of aromatic nitrogens is 2. The molecule has 120 valence electrons. The number of likely N-dealkylation sites (tertiary alicyclic amines) is 1. The molecule has 1 aromatic carbocycles. The number of benzene rings is 1. The van der Waals surface area contributed by atoms with Crippen LogP contribution in [0.5, 0.6) is 0 Å². The number of carbonyl (C=O) groups excluding carboxylic acids is 1. The maximum absolute atomic E-state index is 12.9. The lowest BCUT2D eigenvalue weighted by Crippen LogP contribution is -2.42. The van der Waals surface area contributed by atoms with Gasteiger partial charge in [-0.2, -0.15) is 5.10 Å². The highest BCUT2D eigenvalue weighted by molar-refractivity contribution is 6.30. The topological polar surface area (TPSA) is 38.1 Å². The van der Waals surface area contributed by atoms with Crippen LogP contribution >= 0.6 is 11.6 Å². The molecule has 1 unspecified atom stereocenters. The molecule has 23 heavy (non-hydrogen) atoms. The average molecular weight is 330 g/mol. The first-order chi connectivity index (χ1) is 11.2. The number of amides is 1. The molecular formula is C18H20ClN3O. The standard InChI is InChI=1S/C18H20ClN3O/c19-15-6-2-7-16(10-15)22-12-14(11-20-22)18(23)21-9-3-8-17(21)13-4-1-5-13/h2,6-7,10-13,17H,1,3-5,8-9H2. The Morgan fingerprint density at radius 3 is 2.83 bits per heavy atom. The molecule has 0 N–H and O–H groups in total. The Balaban J connectivity index is 1.55. The summed E-state index contributed by atoms with van der Waals surface area (Å²) < 4.78 is 1.72. The van der Waals surface area contributed by atoms with Crippen LogP contribution in [-0.4, -0.2) is 33.2 Å². The first kappa shape index (κ1) is 14.8. The van der Waals surface area contributed by atoms with Crippen molar-refractivity contribution in [3.63, 3.8) is 0 Å². The smallest absolute Gasteiger partial charge is 0.257 e. The molecule has 4 rings (SSSR count). The Bertz CT molecular complexity index is 723. The summed E-state index contributed by atoms with van der Waals surface area (Å²) in [7, 11) is 0. The average Bonchev–Trinajstić information content (AvgIpc) is 3.14.